The van der Waals surface area contributed by atoms with Crippen molar-refractivity contribution in [2.24, 2.45) is 0 Å². The average Bonchev–Trinajstić information content (AvgIpc) is 3.35. The molecule has 0 saturated carbocycles. The third-order valence-corrected chi connectivity index (χ3v) is 5.93. The van der Waals surface area contributed by atoms with Crippen molar-refractivity contribution in [2.75, 3.05) is 58.7 Å². The van der Waals surface area contributed by atoms with Crippen LogP contribution in [0.25, 0.3) is 11.4 Å². The van der Waals surface area contributed by atoms with Gasteiger partial charge >= 0.3 is 0 Å². The van der Waals surface area contributed by atoms with Crippen molar-refractivity contribution in [3.05, 3.63) is 60.2 Å². The SMILES string of the molecule is CNc1cc(Oc2ccnc(-c3cc(C(=O)NCCCN4CCN(C)CC4)c[nH]3)c2)ccc1F. The second-order valence-corrected chi connectivity index (χ2v) is 8.43. The van der Waals surface area contributed by atoms with E-state index in [2.05, 4.69) is 37.4 Å². The Morgan fingerprint density at radius 1 is 1.15 bits per heavy atom. The molecule has 0 spiro atoms. The van der Waals surface area contributed by atoms with Gasteiger partial charge in [0.05, 0.1) is 22.6 Å². The first-order valence-corrected chi connectivity index (χ1v) is 11.5. The van der Waals surface area contributed by atoms with Crippen LogP contribution >= 0.6 is 0 Å². The summed E-state index contributed by atoms with van der Waals surface area (Å²) in [6, 6.07) is 9.78. The number of pyridine rings is 1. The van der Waals surface area contributed by atoms with Crippen LogP contribution in [0.5, 0.6) is 11.5 Å². The lowest BCUT2D eigenvalue weighted by atomic mass is 10.2. The van der Waals surface area contributed by atoms with Crippen LogP contribution in [0.15, 0.2) is 48.8 Å². The Hall–Kier alpha value is -3.43. The van der Waals surface area contributed by atoms with E-state index in [1.165, 1.54) is 6.07 Å². The molecule has 4 rings (SSSR count). The van der Waals surface area contributed by atoms with E-state index < -0.39 is 0 Å². The van der Waals surface area contributed by atoms with E-state index in [1.807, 2.05) is 0 Å². The quantitative estimate of drug-likeness (QED) is 0.419. The van der Waals surface area contributed by atoms with Crippen molar-refractivity contribution < 1.29 is 13.9 Å². The van der Waals surface area contributed by atoms with Crippen molar-refractivity contribution in [3.8, 4) is 22.9 Å². The normalized spacial score (nSPS) is 14.7. The predicted octanol–water partition coefficient (Wildman–Crippen LogP) is 3.42. The molecule has 0 aliphatic carbocycles. The van der Waals surface area contributed by atoms with Crippen LogP contribution in [0, 0.1) is 5.82 Å². The third-order valence-electron chi connectivity index (χ3n) is 5.93. The number of halogens is 1. The van der Waals surface area contributed by atoms with Crippen molar-refractivity contribution in [1.82, 2.24) is 25.1 Å². The van der Waals surface area contributed by atoms with Gasteiger partial charge in [0.25, 0.3) is 5.91 Å². The van der Waals surface area contributed by atoms with E-state index in [9.17, 15) is 9.18 Å². The Kier molecular flexibility index (Phi) is 7.76. The van der Waals surface area contributed by atoms with Gasteiger partial charge in [-0.3, -0.25) is 9.78 Å². The van der Waals surface area contributed by atoms with Crippen LogP contribution in [0.3, 0.4) is 0 Å². The number of ether oxygens (including phenoxy) is 1. The third kappa shape index (κ3) is 6.12. The van der Waals surface area contributed by atoms with Gasteiger partial charge in [0.1, 0.15) is 17.3 Å². The highest BCUT2D eigenvalue weighted by Crippen LogP contribution is 2.28. The molecular formula is C25H31FN6O2. The highest BCUT2D eigenvalue weighted by molar-refractivity contribution is 5.95. The van der Waals surface area contributed by atoms with Gasteiger partial charge in [0.2, 0.25) is 0 Å². The lowest BCUT2D eigenvalue weighted by Crippen LogP contribution is -2.45. The summed E-state index contributed by atoms with van der Waals surface area (Å²) in [6.07, 6.45) is 4.23. The smallest absolute Gasteiger partial charge is 0.252 e. The molecule has 3 N–H and O–H groups in total. The number of hydrogen-bond acceptors (Lipinski definition) is 6. The minimum Gasteiger partial charge on any atom is -0.457 e. The lowest BCUT2D eigenvalue weighted by Gasteiger charge is -2.32. The fourth-order valence-corrected chi connectivity index (χ4v) is 3.87. The molecule has 3 heterocycles. The van der Waals surface area contributed by atoms with Gasteiger partial charge in [0, 0.05) is 64.3 Å². The molecule has 2 aromatic heterocycles. The molecule has 1 aromatic carbocycles. The molecule has 9 heteroatoms. The van der Waals surface area contributed by atoms with E-state index in [4.69, 9.17) is 4.74 Å². The Morgan fingerprint density at radius 3 is 2.74 bits per heavy atom. The number of benzene rings is 1. The first-order valence-electron chi connectivity index (χ1n) is 11.5. The number of rotatable bonds is 9. The molecule has 1 aliphatic rings. The van der Waals surface area contributed by atoms with Crippen LogP contribution in [-0.2, 0) is 0 Å². The van der Waals surface area contributed by atoms with E-state index in [0.717, 1.165) is 39.1 Å². The number of piperazine rings is 1. The fraction of sp³-hybridized carbons (Fsp3) is 0.360. The summed E-state index contributed by atoms with van der Waals surface area (Å²) in [5.41, 5.74) is 2.26. The largest absolute Gasteiger partial charge is 0.457 e. The van der Waals surface area contributed by atoms with Crippen molar-refractivity contribution >= 4 is 11.6 Å². The molecule has 0 unspecified atom stereocenters. The first-order chi connectivity index (χ1) is 16.5. The number of amides is 1. The molecule has 1 amide bonds. The number of anilines is 1. The zero-order chi connectivity index (χ0) is 23.9. The summed E-state index contributed by atoms with van der Waals surface area (Å²) < 4.78 is 19.6. The standard InChI is InChI=1S/C25H31FN6O2/c1-27-22-15-19(4-5-21(22)26)34-20-6-8-28-24(16-20)23-14-18(17-30-23)25(33)29-7-3-9-32-12-10-31(2)11-13-32/h4-6,8,14-17,27,30H,3,7,9-13H2,1-2H3,(H,29,33). The molecule has 34 heavy (non-hydrogen) atoms. The minimum absolute atomic E-state index is 0.112. The molecule has 0 bridgehead atoms. The molecule has 180 valence electrons. The van der Waals surface area contributed by atoms with Crippen molar-refractivity contribution in [2.45, 2.75) is 6.42 Å². The van der Waals surface area contributed by atoms with Gasteiger partial charge in [-0.05, 0) is 44.3 Å². The van der Waals surface area contributed by atoms with Crippen LogP contribution in [0.2, 0.25) is 0 Å². The van der Waals surface area contributed by atoms with Gasteiger partial charge in [0.15, 0.2) is 0 Å². The van der Waals surface area contributed by atoms with E-state index >= 15 is 0 Å². The zero-order valence-corrected chi connectivity index (χ0v) is 19.6. The minimum atomic E-state index is -0.346. The van der Waals surface area contributed by atoms with Crippen LogP contribution < -0.4 is 15.4 Å². The van der Waals surface area contributed by atoms with Crippen LogP contribution in [0.4, 0.5) is 10.1 Å². The number of nitrogens with one attached hydrogen (secondary N) is 3. The van der Waals surface area contributed by atoms with Crippen LogP contribution in [-0.4, -0.2) is 79.0 Å². The maximum atomic E-state index is 13.7. The average molecular weight is 467 g/mol. The molecule has 0 atom stereocenters. The van der Waals surface area contributed by atoms with E-state index in [-0.39, 0.29) is 11.7 Å². The second kappa shape index (κ2) is 11.1. The number of aromatic nitrogens is 2. The summed E-state index contributed by atoms with van der Waals surface area (Å²) in [5.74, 6) is 0.607. The molecule has 0 radical (unpaired) electrons. The first kappa shape index (κ1) is 23.7. The zero-order valence-electron chi connectivity index (χ0n) is 19.6. The number of nitrogens with zero attached hydrogens (tertiary/aromatic N) is 3. The Morgan fingerprint density at radius 2 is 1.94 bits per heavy atom. The molecule has 1 saturated heterocycles. The summed E-state index contributed by atoms with van der Waals surface area (Å²) in [7, 11) is 3.80. The molecule has 1 fully saturated rings. The van der Waals surface area contributed by atoms with Crippen LogP contribution in [0.1, 0.15) is 16.8 Å². The summed E-state index contributed by atoms with van der Waals surface area (Å²) in [4.78, 5) is 24.8. The second-order valence-electron chi connectivity index (χ2n) is 8.43. The van der Waals surface area contributed by atoms with Crippen molar-refractivity contribution in [3.63, 3.8) is 0 Å². The number of H-pyrrole nitrogens is 1. The predicted molar refractivity (Wildman–Crippen MR) is 131 cm³/mol. The highest BCUT2D eigenvalue weighted by Gasteiger charge is 2.14. The number of carbonyl (C=O) groups excluding carboxylic acids is 1. The number of hydrogen-bond donors (Lipinski definition) is 3. The lowest BCUT2D eigenvalue weighted by molar-refractivity contribution is 0.0949. The Bertz CT molecular complexity index is 1110. The highest BCUT2D eigenvalue weighted by atomic mass is 19.1. The monoisotopic (exact) mass is 466 g/mol. The maximum absolute atomic E-state index is 13.7. The number of likely N-dealkylation sites (N-methyl/N-ethyl adjacent to an activating group) is 1. The Balaban J connectivity index is 1.31. The molecule has 8 nitrogen and oxygen atoms in total. The molecule has 3 aromatic rings. The maximum Gasteiger partial charge on any atom is 0.252 e. The molecular weight excluding hydrogens is 435 g/mol. The summed E-state index contributed by atoms with van der Waals surface area (Å²) >= 11 is 0. The summed E-state index contributed by atoms with van der Waals surface area (Å²) in [5, 5.41) is 5.79. The topological polar surface area (TPSA) is 85.5 Å². The Labute approximate surface area is 199 Å². The molecule has 1 aliphatic heterocycles. The van der Waals surface area contributed by atoms with Gasteiger partial charge in [-0.15, -0.1) is 0 Å². The van der Waals surface area contributed by atoms with Gasteiger partial charge in [-0.2, -0.15) is 0 Å². The van der Waals surface area contributed by atoms with Gasteiger partial charge in [-0.25, -0.2) is 4.39 Å². The van der Waals surface area contributed by atoms with E-state index in [1.54, 1.807) is 49.8 Å². The number of carbonyl (C=O) groups is 1. The van der Waals surface area contributed by atoms with Gasteiger partial charge in [-0.1, -0.05) is 0 Å². The number of aromatic amines is 1. The van der Waals surface area contributed by atoms with E-state index in [0.29, 0.717) is 40.7 Å². The van der Waals surface area contributed by atoms with Gasteiger partial charge < -0.3 is 30.2 Å². The summed E-state index contributed by atoms with van der Waals surface area (Å²) in [6.45, 7) is 5.99. The van der Waals surface area contributed by atoms with Crippen molar-refractivity contribution in [1.29, 1.82) is 0 Å². The fourth-order valence-electron chi connectivity index (χ4n) is 3.87.